The summed E-state index contributed by atoms with van der Waals surface area (Å²) >= 11 is 0. The zero-order valence-electron chi connectivity index (χ0n) is 14.7. The third-order valence-electron chi connectivity index (χ3n) is 5.16. The molecule has 2 fully saturated rings. The van der Waals surface area contributed by atoms with Gasteiger partial charge in [0.05, 0.1) is 11.3 Å². The molecule has 1 aromatic heterocycles. The van der Waals surface area contributed by atoms with Crippen LogP contribution in [0.3, 0.4) is 0 Å². The van der Waals surface area contributed by atoms with E-state index in [4.69, 9.17) is 4.74 Å². The summed E-state index contributed by atoms with van der Waals surface area (Å²) in [4.78, 5) is 4.40. The second-order valence-electron chi connectivity index (χ2n) is 7.06. The molecular formula is C20H22ClF3N2O. The maximum Gasteiger partial charge on any atom is 0.416 e. The van der Waals surface area contributed by atoms with Gasteiger partial charge in [0.1, 0.15) is 0 Å². The molecule has 1 aliphatic heterocycles. The zero-order valence-corrected chi connectivity index (χ0v) is 15.5. The molecule has 146 valence electrons. The Morgan fingerprint density at radius 2 is 1.85 bits per heavy atom. The predicted molar refractivity (Wildman–Crippen MR) is 100 cm³/mol. The minimum Gasteiger partial charge on any atom is -0.381 e. The first kappa shape index (κ1) is 20.1. The minimum absolute atomic E-state index is 0. The molecular weight excluding hydrogens is 377 g/mol. The molecule has 0 amide bonds. The van der Waals surface area contributed by atoms with Gasteiger partial charge in [0.25, 0.3) is 0 Å². The van der Waals surface area contributed by atoms with E-state index in [1.165, 1.54) is 6.07 Å². The summed E-state index contributed by atoms with van der Waals surface area (Å²) in [5, 5.41) is 3.68. The van der Waals surface area contributed by atoms with Crippen molar-refractivity contribution in [3.63, 3.8) is 0 Å². The molecule has 1 saturated carbocycles. The van der Waals surface area contributed by atoms with Crippen molar-refractivity contribution in [1.82, 2.24) is 10.3 Å². The number of hydrogen-bond acceptors (Lipinski definition) is 3. The standard InChI is InChI=1S/C20H21F3N2O.ClH/c21-20(22,23)15-3-1-2-13(10-15)18-5-4-14(12-24-18)17-11-19(17)25-16-6-8-26-9-7-16;/h1-5,10,12,16-17,19,25H,6-9,11H2;1H. The van der Waals surface area contributed by atoms with Gasteiger partial charge in [0.15, 0.2) is 0 Å². The lowest BCUT2D eigenvalue weighted by atomic mass is 10.1. The van der Waals surface area contributed by atoms with E-state index in [0.29, 0.717) is 29.3 Å². The Bertz CT molecular complexity index is 761. The molecule has 27 heavy (non-hydrogen) atoms. The van der Waals surface area contributed by atoms with Crippen LogP contribution in [0.4, 0.5) is 13.2 Å². The number of aromatic nitrogens is 1. The molecule has 4 rings (SSSR count). The smallest absolute Gasteiger partial charge is 0.381 e. The van der Waals surface area contributed by atoms with Crippen molar-refractivity contribution >= 4 is 12.4 Å². The van der Waals surface area contributed by atoms with Crippen LogP contribution in [0, 0.1) is 0 Å². The molecule has 0 radical (unpaired) electrons. The Morgan fingerprint density at radius 3 is 2.52 bits per heavy atom. The number of alkyl halides is 3. The molecule has 1 aromatic carbocycles. The summed E-state index contributed by atoms with van der Waals surface area (Å²) < 4.78 is 44.0. The van der Waals surface area contributed by atoms with Gasteiger partial charge in [-0.2, -0.15) is 13.2 Å². The molecule has 7 heteroatoms. The van der Waals surface area contributed by atoms with Crippen LogP contribution >= 0.6 is 12.4 Å². The highest BCUT2D eigenvalue weighted by atomic mass is 35.5. The van der Waals surface area contributed by atoms with Gasteiger partial charge in [0.2, 0.25) is 0 Å². The molecule has 2 unspecified atom stereocenters. The van der Waals surface area contributed by atoms with E-state index in [1.807, 2.05) is 12.1 Å². The van der Waals surface area contributed by atoms with Crippen LogP contribution in [-0.2, 0) is 10.9 Å². The van der Waals surface area contributed by atoms with Crippen LogP contribution in [0.1, 0.15) is 36.3 Å². The van der Waals surface area contributed by atoms with E-state index in [0.717, 1.165) is 50.2 Å². The third kappa shape index (κ3) is 4.81. The van der Waals surface area contributed by atoms with E-state index < -0.39 is 11.7 Å². The molecule has 2 aliphatic rings. The predicted octanol–water partition coefficient (Wildman–Crippen LogP) is 4.81. The summed E-state index contributed by atoms with van der Waals surface area (Å²) in [5.74, 6) is 0.445. The highest BCUT2D eigenvalue weighted by Crippen LogP contribution is 2.41. The van der Waals surface area contributed by atoms with E-state index >= 15 is 0 Å². The second-order valence-corrected chi connectivity index (χ2v) is 7.06. The van der Waals surface area contributed by atoms with Gasteiger partial charge in [-0.3, -0.25) is 4.98 Å². The van der Waals surface area contributed by atoms with Gasteiger partial charge in [0, 0.05) is 43.0 Å². The molecule has 1 saturated heterocycles. The summed E-state index contributed by atoms with van der Waals surface area (Å²) in [7, 11) is 0. The number of pyridine rings is 1. The molecule has 3 nitrogen and oxygen atoms in total. The first-order chi connectivity index (χ1) is 12.5. The lowest BCUT2D eigenvalue weighted by Gasteiger charge is -2.23. The van der Waals surface area contributed by atoms with Crippen LogP contribution < -0.4 is 5.32 Å². The van der Waals surface area contributed by atoms with Gasteiger partial charge in [-0.25, -0.2) is 0 Å². The summed E-state index contributed by atoms with van der Waals surface area (Å²) in [6.07, 6.45) is 0.646. The lowest BCUT2D eigenvalue weighted by molar-refractivity contribution is -0.137. The number of rotatable bonds is 4. The van der Waals surface area contributed by atoms with Crippen molar-refractivity contribution in [1.29, 1.82) is 0 Å². The van der Waals surface area contributed by atoms with Crippen molar-refractivity contribution in [3.05, 3.63) is 53.7 Å². The number of benzene rings is 1. The number of hydrogen-bond donors (Lipinski definition) is 1. The summed E-state index contributed by atoms with van der Waals surface area (Å²) in [6, 6.07) is 10.1. The van der Waals surface area contributed by atoms with Crippen molar-refractivity contribution in [2.45, 2.75) is 43.4 Å². The van der Waals surface area contributed by atoms with Crippen LogP contribution in [-0.4, -0.2) is 30.3 Å². The maximum absolute atomic E-state index is 12.9. The van der Waals surface area contributed by atoms with E-state index in [2.05, 4.69) is 10.3 Å². The molecule has 0 bridgehead atoms. The van der Waals surface area contributed by atoms with E-state index in [-0.39, 0.29) is 12.4 Å². The fraction of sp³-hybridized carbons (Fsp3) is 0.450. The summed E-state index contributed by atoms with van der Waals surface area (Å²) in [5.41, 5.74) is 1.54. The Balaban J connectivity index is 0.00000210. The van der Waals surface area contributed by atoms with Crippen molar-refractivity contribution < 1.29 is 17.9 Å². The van der Waals surface area contributed by atoms with Crippen molar-refractivity contribution in [3.8, 4) is 11.3 Å². The molecule has 2 atom stereocenters. The quantitative estimate of drug-likeness (QED) is 0.802. The topological polar surface area (TPSA) is 34.1 Å². The SMILES string of the molecule is Cl.FC(F)(F)c1cccc(-c2ccc(C3CC3NC3CCOCC3)cn2)c1. The molecule has 1 N–H and O–H groups in total. The fourth-order valence-corrected chi connectivity index (χ4v) is 3.56. The number of halogens is 4. The zero-order chi connectivity index (χ0) is 18.1. The largest absolute Gasteiger partial charge is 0.416 e. The number of ether oxygens (including phenoxy) is 1. The average molecular weight is 399 g/mol. The Hall–Kier alpha value is -1.63. The monoisotopic (exact) mass is 398 g/mol. The third-order valence-corrected chi connectivity index (χ3v) is 5.16. The molecule has 0 spiro atoms. The van der Waals surface area contributed by atoms with Gasteiger partial charge < -0.3 is 10.1 Å². The Kier molecular flexibility index (Phi) is 6.08. The molecule has 2 aromatic rings. The van der Waals surface area contributed by atoms with Crippen LogP contribution in [0.15, 0.2) is 42.6 Å². The Morgan fingerprint density at radius 1 is 1.07 bits per heavy atom. The van der Waals surface area contributed by atoms with Crippen molar-refractivity contribution in [2.75, 3.05) is 13.2 Å². The van der Waals surface area contributed by atoms with Crippen LogP contribution in [0.5, 0.6) is 0 Å². The maximum atomic E-state index is 12.9. The minimum atomic E-state index is -4.34. The number of nitrogens with one attached hydrogen (secondary N) is 1. The number of nitrogens with zero attached hydrogens (tertiary/aromatic N) is 1. The molecule has 2 heterocycles. The highest BCUT2D eigenvalue weighted by molar-refractivity contribution is 5.85. The van der Waals surface area contributed by atoms with E-state index in [1.54, 1.807) is 12.3 Å². The second kappa shape index (κ2) is 8.17. The van der Waals surface area contributed by atoms with Gasteiger partial charge in [-0.05, 0) is 43.0 Å². The first-order valence-electron chi connectivity index (χ1n) is 8.98. The first-order valence-corrected chi connectivity index (χ1v) is 8.98. The van der Waals surface area contributed by atoms with E-state index in [9.17, 15) is 13.2 Å². The molecule has 1 aliphatic carbocycles. The Labute approximate surface area is 162 Å². The summed E-state index contributed by atoms with van der Waals surface area (Å²) in [6.45, 7) is 1.64. The van der Waals surface area contributed by atoms with Crippen molar-refractivity contribution in [2.24, 2.45) is 0 Å². The lowest BCUT2D eigenvalue weighted by Crippen LogP contribution is -2.36. The van der Waals surface area contributed by atoms with Gasteiger partial charge in [-0.1, -0.05) is 18.2 Å². The highest BCUT2D eigenvalue weighted by Gasteiger charge is 2.39. The fourth-order valence-electron chi connectivity index (χ4n) is 3.56. The average Bonchev–Trinajstić information content (AvgIpc) is 3.41. The normalized spacial score (nSPS) is 22.9. The van der Waals surface area contributed by atoms with Crippen LogP contribution in [0.25, 0.3) is 11.3 Å². The van der Waals surface area contributed by atoms with Gasteiger partial charge in [-0.15, -0.1) is 12.4 Å². The van der Waals surface area contributed by atoms with Gasteiger partial charge >= 0.3 is 6.18 Å². The van der Waals surface area contributed by atoms with Crippen LogP contribution in [0.2, 0.25) is 0 Å².